The molecule has 0 atom stereocenters. The fraction of sp³-hybridized carbons (Fsp3) is 0.400. The van der Waals surface area contributed by atoms with Crippen LogP contribution in [0.25, 0.3) is 0 Å². The van der Waals surface area contributed by atoms with E-state index in [0.29, 0.717) is 42.7 Å². The normalized spacial score (nSPS) is 14.9. The largest absolute Gasteiger partial charge is 0.485 e. The van der Waals surface area contributed by atoms with E-state index >= 15 is 0 Å². The number of rotatable bonds is 6. The predicted octanol–water partition coefficient (Wildman–Crippen LogP) is 2.21. The minimum absolute atomic E-state index is 0.0416. The number of hydrogen-bond acceptors (Lipinski definition) is 8. The molecule has 4 rings (SSSR count). The van der Waals surface area contributed by atoms with Gasteiger partial charge in [0.15, 0.2) is 12.4 Å². The number of piperazine rings is 1. The lowest BCUT2D eigenvalue weighted by Crippen LogP contribution is -2.48. The molecule has 0 unspecified atom stereocenters. The second kappa shape index (κ2) is 8.44. The Bertz CT molecular complexity index is 975. The molecule has 1 aliphatic rings. The lowest BCUT2D eigenvalue weighted by atomic mass is 10.1. The van der Waals surface area contributed by atoms with Crippen molar-refractivity contribution in [3.05, 3.63) is 59.1 Å². The first-order valence-corrected chi connectivity index (χ1v) is 9.53. The van der Waals surface area contributed by atoms with E-state index in [9.17, 15) is 4.79 Å². The van der Waals surface area contributed by atoms with Gasteiger partial charge in [-0.15, -0.1) is 0 Å². The maximum absolute atomic E-state index is 13.1. The topological polar surface area (TPSA) is 97.7 Å². The summed E-state index contributed by atoms with van der Waals surface area (Å²) in [5.74, 6) is 2.24. The monoisotopic (exact) mass is 397 g/mol. The first-order chi connectivity index (χ1) is 14.1. The second-order valence-corrected chi connectivity index (χ2v) is 7.02. The van der Waals surface area contributed by atoms with E-state index in [1.54, 1.807) is 19.1 Å². The molecule has 3 heterocycles. The smallest absolute Gasteiger partial charge is 0.257 e. The summed E-state index contributed by atoms with van der Waals surface area (Å²) in [6.07, 6.45) is 0. The Balaban J connectivity index is 1.36. The SMILES string of the molecule is Cc1cc(CN2CCN(C(=O)c3ccccc3OCc3noc(C)n3)CC2)on1. The van der Waals surface area contributed by atoms with E-state index in [4.69, 9.17) is 13.8 Å². The van der Waals surface area contributed by atoms with Crippen LogP contribution in [0.4, 0.5) is 0 Å². The number of para-hydroxylation sites is 1. The van der Waals surface area contributed by atoms with Gasteiger partial charge in [0.25, 0.3) is 5.91 Å². The number of aromatic nitrogens is 3. The Kier molecular flexibility index (Phi) is 5.57. The van der Waals surface area contributed by atoms with Gasteiger partial charge in [-0.2, -0.15) is 4.98 Å². The summed E-state index contributed by atoms with van der Waals surface area (Å²) in [7, 11) is 0. The molecule has 152 valence electrons. The maximum atomic E-state index is 13.1. The molecule has 0 N–H and O–H groups in total. The number of carbonyl (C=O) groups excluding carboxylic acids is 1. The Morgan fingerprint density at radius 1 is 1.10 bits per heavy atom. The van der Waals surface area contributed by atoms with Gasteiger partial charge in [0.05, 0.1) is 17.8 Å². The van der Waals surface area contributed by atoms with Gasteiger partial charge in [-0.3, -0.25) is 9.69 Å². The highest BCUT2D eigenvalue weighted by atomic mass is 16.5. The van der Waals surface area contributed by atoms with Crippen LogP contribution in [0.1, 0.15) is 33.5 Å². The lowest BCUT2D eigenvalue weighted by molar-refractivity contribution is 0.0613. The molecule has 2 aromatic heterocycles. The van der Waals surface area contributed by atoms with Crippen LogP contribution >= 0.6 is 0 Å². The number of nitrogens with zero attached hydrogens (tertiary/aromatic N) is 5. The van der Waals surface area contributed by atoms with Crippen LogP contribution < -0.4 is 4.74 Å². The van der Waals surface area contributed by atoms with Crippen molar-refractivity contribution in [2.75, 3.05) is 26.2 Å². The average molecular weight is 397 g/mol. The van der Waals surface area contributed by atoms with Gasteiger partial charge >= 0.3 is 0 Å². The van der Waals surface area contributed by atoms with Gasteiger partial charge < -0.3 is 18.7 Å². The fourth-order valence-electron chi connectivity index (χ4n) is 3.30. The minimum Gasteiger partial charge on any atom is -0.485 e. The van der Waals surface area contributed by atoms with Gasteiger partial charge in [-0.1, -0.05) is 22.4 Å². The molecule has 0 aliphatic carbocycles. The summed E-state index contributed by atoms with van der Waals surface area (Å²) in [6.45, 7) is 7.31. The molecule has 1 fully saturated rings. The van der Waals surface area contributed by atoms with Crippen molar-refractivity contribution >= 4 is 5.91 Å². The molecular formula is C20H23N5O4. The Labute approximate surface area is 168 Å². The quantitative estimate of drug-likeness (QED) is 0.624. The molecule has 0 bridgehead atoms. The van der Waals surface area contributed by atoms with E-state index in [1.165, 1.54) is 0 Å². The predicted molar refractivity (Wildman–Crippen MR) is 102 cm³/mol. The molecule has 29 heavy (non-hydrogen) atoms. The van der Waals surface area contributed by atoms with Crippen LogP contribution in [0.2, 0.25) is 0 Å². The minimum atomic E-state index is -0.0416. The standard InChI is InChI=1S/C20H23N5O4/c1-14-11-16(29-22-14)12-24-7-9-25(10-8-24)20(26)17-5-3-4-6-18(17)27-13-19-21-15(2)28-23-19/h3-6,11H,7-10,12-13H2,1-2H3. The zero-order chi connectivity index (χ0) is 20.2. The molecule has 9 heteroatoms. The molecular weight excluding hydrogens is 374 g/mol. The van der Waals surface area contributed by atoms with Crippen LogP contribution in [0.3, 0.4) is 0 Å². The lowest BCUT2D eigenvalue weighted by Gasteiger charge is -2.34. The third-order valence-corrected chi connectivity index (χ3v) is 4.76. The van der Waals surface area contributed by atoms with E-state index < -0.39 is 0 Å². The van der Waals surface area contributed by atoms with Gasteiger partial charge in [0.1, 0.15) is 5.75 Å². The van der Waals surface area contributed by atoms with Gasteiger partial charge in [-0.05, 0) is 19.1 Å². The third kappa shape index (κ3) is 4.62. The molecule has 1 aliphatic heterocycles. The molecule has 0 saturated carbocycles. The highest BCUT2D eigenvalue weighted by Crippen LogP contribution is 2.22. The van der Waals surface area contributed by atoms with Crippen molar-refractivity contribution in [3.63, 3.8) is 0 Å². The van der Waals surface area contributed by atoms with Gasteiger partial charge in [0.2, 0.25) is 11.7 Å². The Morgan fingerprint density at radius 2 is 1.90 bits per heavy atom. The fourth-order valence-corrected chi connectivity index (χ4v) is 3.30. The number of hydrogen-bond donors (Lipinski definition) is 0. The summed E-state index contributed by atoms with van der Waals surface area (Å²) in [6, 6.07) is 9.17. The van der Waals surface area contributed by atoms with Crippen LogP contribution in [-0.4, -0.2) is 57.2 Å². The number of amides is 1. The first kappa shape index (κ1) is 19.1. The Hall–Kier alpha value is -3.20. The van der Waals surface area contributed by atoms with Crippen LogP contribution in [0, 0.1) is 13.8 Å². The van der Waals surface area contributed by atoms with E-state index in [1.807, 2.05) is 30.0 Å². The number of carbonyl (C=O) groups is 1. The zero-order valence-electron chi connectivity index (χ0n) is 16.5. The molecule has 0 radical (unpaired) electrons. The number of benzene rings is 1. The van der Waals surface area contributed by atoms with Gasteiger partial charge in [0, 0.05) is 39.2 Å². The van der Waals surface area contributed by atoms with Crippen molar-refractivity contribution in [2.24, 2.45) is 0 Å². The average Bonchev–Trinajstić information content (AvgIpc) is 3.34. The van der Waals surface area contributed by atoms with E-state index in [2.05, 4.69) is 20.2 Å². The molecule has 1 saturated heterocycles. The molecule has 0 spiro atoms. The Morgan fingerprint density at radius 3 is 2.59 bits per heavy atom. The van der Waals surface area contributed by atoms with Crippen molar-refractivity contribution < 1.29 is 18.6 Å². The summed E-state index contributed by atoms with van der Waals surface area (Å²) in [4.78, 5) is 21.3. The van der Waals surface area contributed by atoms with Crippen molar-refractivity contribution in [1.82, 2.24) is 25.1 Å². The molecule has 3 aromatic rings. The van der Waals surface area contributed by atoms with Crippen LogP contribution in [0.5, 0.6) is 5.75 Å². The van der Waals surface area contributed by atoms with Crippen LogP contribution in [-0.2, 0) is 13.2 Å². The number of aryl methyl sites for hydroxylation is 2. The second-order valence-electron chi connectivity index (χ2n) is 7.02. The summed E-state index contributed by atoms with van der Waals surface area (Å²) >= 11 is 0. The van der Waals surface area contributed by atoms with Gasteiger partial charge in [-0.25, -0.2) is 0 Å². The summed E-state index contributed by atoms with van der Waals surface area (Å²) in [5.41, 5.74) is 1.41. The van der Waals surface area contributed by atoms with Crippen LogP contribution in [0.15, 0.2) is 39.4 Å². The molecule has 1 aromatic carbocycles. The summed E-state index contributed by atoms with van der Waals surface area (Å²) < 4.78 is 16.0. The van der Waals surface area contributed by atoms with Crippen molar-refractivity contribution in [2.45, 2.75) is 27.0 Å². The van der Waals surface area contributed by atoms with E-state index in [-0.39, 0.29) is 12.5 Å². The van der Waals surface area contributed by atoms with E-state index in [0.717, 1.165) is 24.5 Å². The highest BCUT2D eigenvalue weighted by Gasteiger charge is 2.25. The summed E-state index contributed by atoms with van der Waals surface area (Å²) in [5, 5.41) is 7.74. The maximum Gasteiger partial charge on any atom is 0.257 e. The van der Waals surface area contributed by atoms with Crippen molar-refractivity contribution in [1.29, 1.82) is 0 Å². The molecule has 9 nitrogen and oxygen atoms in total. The zero-order valence-corrected chi connectivity index (χ0v) is 16.5. The number of ether oxygens (including phenoxy) is 1. The first-order valence-electron chi connectivity index (χ1n) is 9.53. The highest BCUT2D eigenvalue weighted by molar-refractivity contribution is 5.97. The molecule has 1 amide bonds. The van der Waals surface area contributed by atoms with Crippen molar-refractivity contribution in [3.8, 4) is 5.75 Å². The third-order valence-electron chi connectivity index (χ3n) is 4.76.